The molecule has 0 radical (unpaired) electrons. The first-order chi connectivity index (χ1) is 8.65. The van der Waals surface area contributed by atoms with Crippen molar-refractivity contribution in [2.75, 3.05) is 25.1 Å². The number of thioether (sulfide) groups is 1. The minimum absolute atomic E-state index is 0.0242. The predicted molar refractivity (Wildman–Crippen MR) is 73.0 cm³/mol. The van der Waals surface area contributed by atoms with E-state index in [2.05, 4.69) is 11.6 Å². The van der Waals surface area contributed by atoms with Crippen molar-refractivity contribution in [3.8, 4) is 0 Å². The number of carbonyl (C=O) groups excluding carboxylic acids is 1. The van der Waals surface area contributed by atoms with Gasteiger partial charge in [-0.25, -0.2) is 4.79 Å². The number of hydrogen-bond donors (Lipinski definition) is 2. The van der Waals surface area contributed by atoms with E-state index in [1.165, 1.54) is 0 Å². The zero-order chi connectivity index (χ0) is 13.4. The van der Waals surface area contributed by atoms with Gasteiger partial charge in [-0.2, -0.15) is 11.8 Å². The summed E-state index contributed by atoms with van der Waals surface area (Å²) in [6, 6.07) is 0.151. The number of rotatable bonds is 9. The summed E-state index contributed by atoms with van der Waals surface area (Å²) >= 11 is 1.80. The molecule has 0 bridgehead atoms. The van der Waals surface area contributed by atoms with Gasteiger partial charge in [-0.1, -0.05) is 0 Å². The molecule has 0 unspecified atom stereocenters. The molecule has 0 aromatic heterocycles. The first-order valence-corrected chi connectivity index (χ1v) is 7.79. The van der Waals surface area contributed by atoms with Crippen LogP contribution < -0.4 is 5.32 Å². The van der Waals surface area contributed by atoms with E-state index in [0.29, 0.717) is 13.1 Å². The average molecular weight is 274 g/mol. The van der Waals surface area contributed by atoms with E-state index in [0.717, 1.165) is 31.4 Å². The van der Waals surface area contributed by atoms with Crippen molar-refractivity contribution >= 4 is 23.8 Å². The first kappa shape index (κ1) is 15.1. The monoisotopic (exact) mass is 274 g/mol. The maximum absolute atomic E-state index is 11.9. The molecule has 18 heavy (non-hydrogen) atoms. The van der Waals surface area contributed by atoms with E-state index in [1.807, 2.05) is 0 Å². The van der Waals surface area contributed by atoms with Crippen molar-refractivity contribution in [3.05, 3.63) is 0 Å². The summed E-state index contributed by atoms with van der Waals surface area (Å²) in [5.74, 6) is 0.259. The lowest BCUT2D eigenvalue weighted by molar-refractivity contribution is -0.137. The Kier molecular flexibility index (Phi) is 6.93. The largest absolute Gasteiger partial charge is 0.481 e. The van der Waals surface area contributed by atoms with Gasteiger partial charge < -0.3 is 15.3 Å². The molecule has 0 spiro atoms. The molecule has 0 aliphatic heterocycles. The molecule has 6 heteroatoms. The molecule has 0 atom stereocenters. The Labute approximate surface area is 112 Å². The zero-order valence-corrected chi connectivity index (χ0v) is 11.7. The topological polar surface area (TPSA) is 69.6 Å². The third-order valence-electron chi connectivity index (χ3n) is 2.87. The van der Waals surface area contributed by atoms with Gasteiger partial charge in [-0.15, -0.1) is 0 Å². The van der Waals surface area contributed by atoms with Crippen molar-refractivity contribution in [1.82, 2.24) is 10.2 Å². The van der Waals surface area contributed by atoms with Gasteiger partial charge in [0.25, 0.3) is 0 Å². The number of hydrogen-bond acceptors (Lipinski definition) is 3. The molecule has 0 aromatic rings. The number of unbranched alkanes of at least 4 members (excludes halogenated alkanes) is 1. The van der Waals surface area contributed by atoms with E-state index in [4.69, 9.17) is 5.11 Å². The lowest BCUT2D eigenvalue weighted by Gasteiger charge is -2.22. The SMILES string of the molecule is CSCCCCNC(=O)N(CCC(=O)O)C1CC1. The van der Waals surface area contributed by atoms with Crippen LogP contribution >= 0.6 is 11.8 Å². The van der Waals surface area contributed by atoms with Crippen LogP contribution in [0.15, 0.2) is 0 Å². The Balaban J connectivity index is 2.20. The molecule has 2 N–H and O–H groups in total. The third-order valence-corrected chi connectivity index (χ3v) is 3.56. The van der Waals surface area contributed by atoms with Crippen LogP contribution in [-0.2, 0) is 4.79 Å². The fraction of sp³-hybridized carbons (Fsp3) is 0.833. The number of nitrogens with one attached hydrogen (secondary N) is 1. The highest BCUT2D eigenvalue weighted by Crippen LogP contribution is 2.26. The maximum atomic E-state index is 11.9. The van der Waals surface area contributed by atoms with Gasteiger partial charge in [0, 0.05) is 19.1 Å². The van der Waals surface area contributed by atoms with E-state index >= 15 is 0 Å². The number of aliphatic carboxylic acids is 1. The number of amides is 2. The second-order valence-electron chi connectivity index (χ2n) is 4.50. The Morgan fingerprint density at radius 3 is 2.67 bits per heavy atom. The van der Waals surface area contributed by atoms with Gasteiger partial charge in [-0.3, -0.25) is 4.79 Å². The Bertz CT molecular complexity index is 282. The Hall–Kier alpha value is -0.910. The minimum atomic E-state index is -0.853. The summed E-state index contributed by atoms with van der Waals surface area (Å²) in [7, 11) is 0. The molecule has 0 saturated heterocycles. The summed E-state index contributed by atoms with van der Waals surface area (Å²) in [5.41, 5.74) is 0. The molecule has 1 rings (SSSR count). The standard InChI is InChI=1S/C12H22N2O3S/c1-18-9-3-2-7-13-12(17)14(10-4-5-10)8-6-11(15)16/h10H,2-9H2,1H3,(H,13,17)(H,15,16). The number of carboxylic acid groups (broad SMARTS) is 1. The highest BCUT2D eigenvalue weighted by atomic mass is 32.2. The maximum Gasteiger partial charge on any atom is 0.317 e. The molecule has 0 aromatic carbocycles. The van der Waals surface area contributed by atoms with E-state index in [9.17, 15) is 9.59 Å². The summed E-state index contributed by atoms with van der Waals surface area (Å²) in [6.07, 6.45) is 6.17. The summed E-state index contributed by atoms with van der Waals surface area (Å²) in [5, 5.41) is 11.5. The van der Waals surface area contributed by atoms with Crippen molar-refractivity contribution < 1.29 is 14.7 Å². The van der Waals surface area contributed by atoms with Gasteiger partial charge >= 0.3 is 12.0 Å². The zero-order valence-electron chi connectivity index (χ0n) is 10.9. The fourth-order valence-electron chi connectivity index (χ4n) is 1.72. The number of carbonyl (C=O) groups is 2. The molecular weight excluding hydrogens is 252 g/mol. The van der Waals surface area contributed by atoms with Gasteiger partial charge in [0.05, 0.1) is 6.42 Å². The van der Waals surface area contributed by atoms with Crippen LogP contribution in [0, 0.1) is 0 Å². The summed E-state index contributed by atoms with van der Waals surface area (Å²) in [4.78, 5) is 24.1. The van der Waals surface area contributed by atoms with Crippen LogP contribution in [-0.4, -0.2) is 53.1 Å². The minimum Gasteiger partial charge on any atom is -0.481 e. The van der Waals surface area contributed by atoms with Crippen LogP contribution in [0.5, 0.6) is 0 Å². The van der Waals surface area contributed by atoms with Crippen LogP contribution in [0.3, 0.4) is 0 Å². The van der Waals surface area contributed by atoms with Crippen molar-refractivity contribution in [2.45, 2.75) is 38.1 Å². The van der Waals surface area contributed by atoms with Crippen LogP contribution in [0.2, 0.25) is 0 Å². The lowest BCUT2D eigenvalue weighted by Crippen LogP contribution is -2.42. The predicted octanol–water partition coefficient (Wildman–Crippen LogP) is 1.78. The van der Waals surface area contributed by atoms with Crippen LogP contribution in [0.4, 0.5) is 4.79 Å². The molecule has 5 nitrogen and oxygen atoms in total. The second kappa shape index (κ2) is 8.24. The van der Waals surface area contributed by atoms with Gasteiger partial charge in [0.15, 0.2) is 0 Å². The van der Waals surface area contributed by atoms with Crippen LogP contribution in [0.1, 0.15) is 32.1 Å². The van der Waals surface area contributed by atoms with Gasteiger partial charge in [0.2, 0.25) is 0 Å². The van der Waals surface area contributed by atoms with E-state index in [1.54, 1.807) is 16.7 Å². The molecule has 1 fully saturated rings. The lowest BCUT2D eigenvalue weighted by atomic mass is 10.3. The highest BCUT2D eigenvalue weighted by molar-refractivity contribution is 7.98. The molecule has 0 heterocycles. The van der Waals surface area contributed by atoms with E-state index < -0.39 is 5.97 Å². The molecule has 104 valence electrons. The molecule has 1 saturated carbocycles. The van der Waals surface area contributed by atoms with Gasteiger partial charge in [-0.05, 0) is 37.7 Å². The Morgan fingerprint density at radius 1 is 1.39 bits per heavy atom. The quantitative estimate of drug-likeness (QED) is 0.629. The first-order valence-electron chi connectivity index (χ1n) is 6.40. The summed E-state index contributed by atoms with van der Waals surface area (Å²) < 4.78 is 0. The normalized spacial score (nSPS) is 14.3. The second-order valence-corrected chi connectivity index (χ2v) is 5.49. The molecule has 2 amide bonds. The molecular formula is C12H22N2O3S. The molecule has 1 aliphatic carbocycles. The Morgan fingerprint density at radius 2 is 2.11 bits per heavy atom. The van der Waals surface area contributed by atoms with Crippen LogP contribution in [0.25, 0.3) is 0 Å². The number of urea groups is 1. The highest BCUT2D eigenvalue weighted by Gasteiger charge is 2.32. The molecule has 1 aliphatic rings. The summed E-state index contributed by atoms with van der Waals surface area (Å²) in [6.45, 7) is 0.992. The fourth-order valence-corrected chi connectivity index (χ4v) is 2.21. The van der Waals surface area contributed by atoms with Crippen molar-refractivity contribution in [2.24, 2.45) is 0 Å². The average Bonchev–Trinajstić information content (AvgIpc) is 3.13. The van der Waals surface area contributed by atoms with E-state index in [-0.39, 0.29) is 18.5 Å². The third kappa shape index (κ3) is 6.14. The smallest absolute Gasteiger partial charge is 0.317 e. The number of carboxylic acids is 1. The van der Waals surface area contributed by atoms with Gasteiger partial charge in [0.1, 0.15) is 0 Å². The number of nitrogens with zero attached hydrogens (tertiary/aromatic N) is 1. The van der Waals surface area contributed by atoms with Crippen molar-refractivity contribution in [3.63, 3.8) is 0 Å². The van der Waals surface area contributed by atoms with Crippen molar-refractivity contribution in [1.29, 1.82) is 0 Å².